The number of methoxy groups -OCH3 is 1. The van der Waals surface area contributed by atoms with Crippen LogP contribution in [0.3, 0.4) is 0 Å². The van der Waals surface area contributed by atoms with Crippen molar-refractivity contribution in [1.29, 1.82) is 0 Å². The van der Waals surface area contributed by atoms with E-state index in [0.717, 1.165) is 35.7 Å². The smallest absolute Gasteiger partial charge is 0.223 e. The van der Waals surface area contributed by atoms with Crippen LogP contribution in [-0.4, -0.2) is 54.9 Å². The highest BCUT2D eigenvalue weighted by Gasteiger charge is 2.29. The molecular weight excluding hydrogens is 370 g/mol. The Morgan fingerprint density at radius 2 is 1.90 bits per heavy atom. The Morgan fingerprint density at radius 3 is 2.52 bits per heavy atom. The van der Waals surface area contributed by atoms with Gasteiger partial charge in [-0.15, -0.1) is 0 Å². The van der Waals surface area contributed by atoms with Crippen molar-refractivity contribution in [3.05, 3.63) is 36.0 Å². The fourth-order valence-corrected chi connectivity index (χ4v) is 3.65. The van der Waals surface area contributed by atoms with E-state index in [2.05, 4.69) is 20.6 Å². The lowest BCUT2D eigenvalue weighted by atomic mass is 9.96. The molecule has 2 aromatic rings. The molecule has 1 fully saturated rings. The highest BCUT2D eigenvalue weighted by molar-refractivity contribution is 5.93. The zero-order valence-electron chi connectivity index (χ0n) is 17.3. The molecule has 156 valence electrons. The number of rotatable bonds is 7. The third-order valence-corrected chi connectivity index (χ3v) is 5.11. The molecule has 0 bridgehead atoms. The SMILES string of the molecule is COCCNC(=O)C1CCN(c2c(NC(C)=O)c(C)nn2-c2ccccc2)CC1. The maximum atomic E-state index is 12.4. The van der Waals surface area contributed by atoms with Crippen LogP contribution in [0.4, 0.5) is 11.5 Å². The summed E-state index contributed by atoms with van der Waals surface area (Å²) in [5.74, 6) is 0.801. The van der Waals surface area contributed by atoms with Crippen LogP contribution in [0, 0.1) is 12.8 Å². The van der Waals surface area contributed by atoms with Crippen LogP contribution in [0.1, 0.15) is 25.5 Å². The maximum Gasteiger partial charge on any atom is 0.223 e. The van der Waals surface area contributed by atoms with E-state index in [9.17, 15) is 9.59 Å². The van der Waals surface area contributed by atoms with Gasteiger partial charge in [0.25, 0.3) is 0 Å². The molecule has 0 aliphatic carbocycles. The average Bonchev–Trinajstić information content (AvgIpc) is 3.04. The molecule has 0 unspecified atom stereocenters. The predicted octanol–water partition coefficient (Wildman–Crippen LogP) is 2.12. The molecule has 29 heavy (non-hydrogen) atoms. The molecular formula is C21H29N5O3. The number of carbonyl (C=O) groups is 2. The minimum absolute atomic E-state index is 0.0125. The van der Waals surface area contributed by atoms with E-state index in [1.54, 1.807) is 7.11 Å². The molecule has 1 aliphatic heterocycles. The van der Waals surface area contributed by atoms with Crippen molar-refractivity contribution in [2.24, 2.45) is 5.92 Å². The van der Waals surface area contributed by atoms with Gasteiger partial charge in [0.15, 0.2) is 5.82 Å². The third kappa shape index (κ3) is 4.95. The monoisotopic (exact) mass is 399 g/mol. The number of aryl methyl sites for hydroxylation is 1. The van der Waals surface area contributed by atoms with Crippen molar-refractivity contribution in [3.63, 3.8) is 0 Å². The first-order chi connectivity index (χ1) is 14.0. The van der Waals surface area contributed by atoms with Crippen LogP contribution in [0.5, 0.6) is 0 Å². The summed E-state index contributed by atoms with van der Waals surface area (Å²) in [4.78, 5) is 26.3. The van der Waals surface area contributed by atoms with Gasteiger partial charge >= 0.3 is 0 Å². The summed E-state index contributed by atoms with van der Waals surface area (Å²) in [6.45, 7) is 5.87. The molecule has 2 amide bonds. The topological polar surface area (TPSA) is 88.5 Å². The summed E-state index contributed by atoms with van der Waals surface area (Å²) in [7, 11) is 1.62. The molecule has 1 aromatic carbocycles. The van der Waals surface area contributed by atoms with Crippen LogP contribution in [0.25, 0.3) is 5.69 Å². The Kier molecular flexibility index (Phi) is 6.87. The van der Waals surface area contributed by atoms with Crippen molar-refractivity contribution >= 4 is 23.3 Å². The van der Waals surface area contributed by atoms with Crippen molar-refractivity contribution in [3.8, 4) is 5.69 Å². The van der Waals surface area contributed by atoms with Gasteiger partial charge in [-0.25, -0.2) is 4.68 Å². The summed E-state index contributed by atoms with van der Waals surface area (Å²) < 4.78 is 6.86. The first-order valence-corrected chi connectivity index (χ1v) is 9.95. The molecule has 3 rings (SSSR count). The number of nitrogens with one attached hydrogen (secondary N) is 2. The van der Waals surface area contributed by atoms with Crippen LogP contribution >= 0.6 is 0 Å². The molecule has 1 saturated heterocycles. The molecule has 0 atom stereocenters. The highest BCUT2D eigenvalue weighted by Crippen LogP contribution is 2.34. The lowest BCUT2D eigenvalue weighted by molar-refractivity contribution is -0.125. The highest BCUT2D eigenvalue weighted by atomic mass is 16.5. The lowest BCUT2D eigenvalue weighted by Gasteiger charge is -2.33. The fourth-order valence-electron chi connectivity index (χ4n) is 3.65. The Morgan fingerprint density at radius 1 is 1.21 bits per heavy atom. The van der Waals surface area contributed by atoms with E-state index in [1.165, 1.54) is 6.92 Å². The fraction of sp³-hybridized carbons (Fsp3) is 0.476. The Labute approximate surface area is 171 Å². The number of benzene rings is 1. The summed E-state index contributed by atoms with van der Waals surface area (Å²) in [6, 6.07) is 9.87. The van der Waals surface area contributed by atoms with Crippen molar-refractivity contribution in [2.75, 3.05) is 43.6 Å². The van der Waals surface area contributed by atoms with E-state index in [0.29, 0.717) is 26.2 Å². The Hall–Kier alpha value is -2.87. The third-order valence-electron chi connectivity index (χ3n) is 5.11. The second-order valence-electron chi connectivity index (χ2n) is 7.26. The van der Waals surface area contributed by atoms with Gasteiger partial charge in [-0.1, -0.05) is 18.2 Å². The van der Waals surface area contributed by atoms with Gasteiger partial charge < -0.3 is 20.3 Å². The molecule has 1 aliphatic rings. The molecule has 8 nitrogen and oxygen atoms in total. The summed E-state index contributed by atoms with van der Waals surface area (Å²) in [5.41, 5.74) is 2.42. The van der Waals surface area contributed by atoms with Crippen LogP contribution in [0.2, 0.25) is 0 Å². The second kappa shape index (κ2) is 9.56. The molecule has 2 heterocycles. The Balaban J connectivity index is 1.81. The first kappa shape index (κ1) is 20.9. The standard InChI is InChI=1S/C21H29N5O3/c1-15-19(23-16(2)27)21(26(24-15)18-7-5-4-6-8-18)25-12-9-17(10-13-25)20(28)22-11-14-29-3/h4-8,17H,9-14H2,1-3H3,(H,22,28)(H,23,27). The number of hydrogen-bond acceptors (Lipinski definition) is 5. The quantitative estimate of drug-likeness (QED) is 0.697. The number of ether oxygens (including phenoxy) is 1. The number of hydrogen-bond donors (Lipinski definition) is 2. The van der Waals surface area contributed by atoms with Crippen molar-refractivity contribution in [2.45, 2.75) is 26.7 Å². The van der Waals surface area contributed by atoms with Gasteiger partial charge in [-0.05, 0) is 31.9 Å². The summed E-state index contributed by atoms with van der Waals surface area (Å²) in [5, 5.41) is 10.6. The number of carbonyl (C=O) groups excluding carboxylic acids is 2. The van der Waals surface area contributed by atoms with E-state index in [4.69, 9.17) is 4.74 Å². The molecule has 1 aromatic heterocycles. The van der Waals surface area contributed by atoms with E-state index in [1.807, 2.05) is 41.9 Å². The van der Waals surface area contributed by atoms with Gasteiger partial charge in [0.1, 0.15) is 5.69 Å². The number of amides is 2. The number of nitrogens with zero attached hydrogens (tertiary/aromatic N) is 3. The van der Waals surface area contributed by atoms with E-state index < -0.39 is 0 Å². The molecule has 0 saturated carbocycles. The van der Waals surface area contributed by atoms with E-state index >= 15 is 0 Å². The number of anilines is 2. The molecule has 0 radical (unpaired) electrons. The maximum absolute atomic E-state index is 12.4. The van der Waals surface area contributed by atoms with Gasteiger partial charge in [0, 0.05) is 39.6 Å². The molecule has 8 heteroatoms. The minimum atomic E-state index is -0.130. The number of piperidine rings is 1. The zero-order chi connectivity index (χ0) is 20.8. The zero-order valence-corrected chi connectivity index (χ0v) is 17.3. The summed E-state index contributed by atoms with van der Waals surface area (Å²) >= 11 is 0. The normalized spacial score (nSPS) is 14.7. The predicted molar refractivity (Wildman–Crippen MR) is 112 cm³/mol. The van der Waals surface area contributed by atoms with Crippen LogP contribution in [-0.2, 0) is 14.3 Å². The van der Waals surface area contributed by atoms with Gasteiger partial charge in [-0.2, -0.15) is 5.10 Å². The lowest BCUT2D eigenvalue weighted by Crippen LogP contribution is -2.42. The molecule has 0 spiro atoms. The van der Waals surface area contributed by atoms with Crippen molar-refractivity contribution < 1.29 is 14.3 Å². The second-order valence-corrected chi connectivity index (χ2v) is 7.26. The molecule has 2 N–H and O–H groups in total. The minimum Gasteiger partial charge on any atom is -0.383 e. The van der Waals surface area contributed by atoms with Gasteiger partial charge in [0.05, 0.1) is 18.0 Å². The number of aromatic nitrogens is 2. The van der Waals surface area contributed by atoms with Gasteiger partial charge in [0.2, 0.25) is 11.8 Å². The first-order valence-electron chi connectivity index (χ1n) is 9.95. The van der Waals surface area contributed by atoms with Crippen LogP contribution in [0.15, 0.2) is 30.3 Å². The van der Waals surface area contributed by atoms with Gasteiger partial charge in [-0.3, -0.25) is 9.59 Å². The van der Waals surface area contributed by atoms with Crippen LogP contribution < -0.4 is 15.5 Å². The van der Waals surface area contributed by atoms with E-state index in [-0.39, 0.29) is 17.7 Å². The summed E-state index contributed by atoms with van der Waals surface area (Å²) in [6.07, 6.45) is 1.49. The largest absolute Gasteiger partial charge is 0.383 e. The van der Waals surface area contributed by atoms with Crippen molar-refractivity contribution in [1.82, 2.24) is 15.1 Å². The Bertz CT molecular complexity index is 842. The average molecular weight is 399 g/mol. The number of para-hydroxylation sites is 1.